The Morgan fingerprint density at radius 1 is 1.31 bits per heavy atom. The molecule has 5 nitrogen and oxygen atoms in total. The number of benzene rings is 1. The fraction of sp³-hybridized carbons (Fsp3) is 0.0909. The predicted octanol–water partition coefficient (Wildman–Crippen LogP) is 1.46. The molecule has 0 aliphatic heterocycles. The van der Waals surface area contributed by atoms with Gasteiger partial charge in [0.2, 0.25) is 5.89 Å². The van der Waals surface area contributed by atoms with Gasteiger partial charge >= 0.3 is 5.97 Å². The molecule has 2 rings (SSSR count). The van der Waals surface area contributed by atoms with E-state index in [1.54, 1.807) is 12.1 Å². The molecular formula is C11H9NO4. The van der Waals surface area contributed by atoms with Gasteiger partial charge in [0.05, 0.1) is 6.20 Å². The molecule has 1 unspecified atom stereocenters. The van der Waals surface area contributed by atoms with Gasteiger partial charge in [0.1, 0.15) is 6.26 Å². The lowest BCUT2D eigenvalue weighted by atomic mass is 10.1. The van der Waals surface area contributed by atoms with Crippen molar-refractivity contribution in [3.8, 4) is 11.5 Å². The minimum absolute atomic E-state index is 0.322. The number of aliphatic carboxylic acids is 1. The Hall–Kier alpha value is -2.14. The van der Waals surface area contributed by atoms with Crippen molar-refractivity contribution in [1.82, 2.24) is 4.98 Å². The molecule has 1 aromatic carbocycles. The van der Waals surface area contributed by atoms with Crippen LogP contribution in [0.1, 0.15) is 11.7 Å². The van der Waals surface area contributed by atoms with Crippen LogP contribution >= 0.6 is 0 Å². The zero-order valence-corrected chi connectivity index (χ0v) is 8.20. The van der Waals surface area contributed by atoms with Crippen LogP contribution in [0.25, 0.3) is 11.5 Å². The number of aliphatic hydroxyl groups excluding tert-OH is 1. The van der Waals surface area contributed by atoms with Gasteiger partial charge in [-0.2, -0.15) is 0 Å². The molecule has 0 saturated heterocycles. The maximum atomic E-state index is 10.5. The molecule has 5 heteroatoms. The van der Waals surface area contributed by atoms with E-state index in [0.717, 1.165) is 5.56 Å². The summed E-state index contributed by atoms with van der Waals surface area (Å²) < 4.78 is 5.08. The molecule has 16 heavy (non-hydrogen) atoms. The summed E-state index contributed by atoms with van der Waals surface area (Å²) in [6.07, 6.45) is 1.48. The van der Waals surface area contributed by atoms with E-state index < -0.39 is 12.1 Å². The molecule has 0 amide bonds. The van der Waals surface area contributed by atoms with Crippen LogP contribution in [0.5, 0.6) is 0 Å². The van der Waals surface area contributed by atoms with Gasteiger partial charge in [-0.05, 0) is 17.7 Å². The van der Waals surface area contributed by atoms with Gasteiger partial charge in [-0.1, -0.05) is 12.1 Å². The number of rotatable bonds is 3. The van der Waals surface area contributed by atoms with Crippen molar-refractivity contribution >= 4 is 5.97 Å². The Morgan fingerprint density at radius 3 is 2.50 bits per heavy atom. The number of aliphatic hydroxyl groups is 1. The Morgan fingerprint density at radius 2 is 2.00 bits per heavy atom. The highest BCUT2D eigenvalue weighted by atomic mass is 16.4. The lowest BCUT2D eigenvalue weighted by Gasteiger charge is -2.05. The summed E-state index contributed by atoms with van der Waals surface area (Å²) in [5.41, 5.74) is 1.05. The van der Waals surface area contributed by atoms with E-state index in [4.69, 9.17) is 9.52 Å². The number of oxazole rings is 1. The standard InChI is InChI=1S/C11H9NO4/c13-9(11(14)15)7-1-3-8(4-2-7)10-12-5-6-16-10/h1-6,9,13H,(H,14,15). The molecule has 2 N–H and O–H groups in total. The van der Waals surface area contributed by atoms with E-state index in [-0.39, 0.29) is 0 Å². The fourth-order valence-corrected chi connectivity index (χ4v) is 1.32. The summed E-state index contributed by atoms with van der Waals surface area (Å²) in [4.78, 5) is 14.5. The summed E-state index contributed by atoms with van der Waals surface area (Å²) in [5, 5.41) is 17.9. The van der Waals surface area contributed by atoms with Gasteiger partial charge in [0.15, 0.2) is 6.10 Å². The average Bonchev–Trinajstić information content (AvgIpc) is 2.81. The van der Waals surface area contributed by atoms with Crippen LogP contribution < -0.4 is 0 Å². The number of hydrogen-bond donors (Lipinski definition) is 2. The first kappa shape index (κ1) is 10.4. The van der Waals surface area contributed by atoms with Crippen molar-refractivity contribution < 1.29 is 19.4 Å². The zero-order valence-electron chi connectivity index (χ0n) is 8.20. The van der Waals surface area contributed by atoms with E-state index in [1.165, 1.54) is 24.6 Å². The third kappa shape index (κ3) is 1.94. The molecule has 0 fully saturated rings. The van der Waals surface area contributed by atoms with Crippen molar-refractivity contribution in [2.75, 3.05) is 0 Å². The van der Waals surface area contributed by atoms with Crippen molar-refractivity contribution in [3.05, 3.63) is 42.3 Å². The van der Waals surface area contributed by atoms with Gasteiger partial charge in [-0.15, -0.1) is 0 Å². The Balaban J connectivity index is 2.26. The monoisotopic (exact) mass is 219 g/mol. The Labute approximate surface area is 91.0 Å². The number of nitrogens with zero attached hydrogens (tertiary/aromatic N) is 1. The lowest BCUT2D eigenvalue weighted by Crippen LogP contribution is -2.10. The first-order valence-corrected chi connectivity index (χ1v) is 4.59. The molecule has 82 valence electrons. The summed E-state index contributed by atoms with van der Waals surface area (Å²) in [5.74, 6) is -0.819. The third-order valence-electron chi connectivity index (χ3n) is 2.14. The molecule has 1 atom stereocenters. The quantitative estimate of drug-likeness (QED) is 0.816. The highest BCUT2D eigenvalue weighted by molar-refractivity contribution is 5.74. The maximum absolute atomic E-state index is 10.5. The SMILES string of the molecule is O=C(O)C(O)c1ccc(-c2ncco2)cc1. The van der Waals surface area contributed by atoms with Crippen molar-refractivity contribution in [2.24, 2.45) is 0 Å². The molecule has 1 heterocycles. The van der Waals surface area contributed by atoms with E-state index in [0.29, 0.717) is 11.5 Å². The minimum atomic E-state index is -1.50. The molecule has 2 aromatic rings. The Bertz CT molecular complexity index is 475. The second kappa shape index (κ2) is 4.16. The maximum Gasteiger partial charge on any atom is 0.337 e. The van der Waals surface area contributed by atoms with Crippen LogP contribution in [-0.2, 0) is 4.79 Å². The molecule has 0 aliphatic rings. The van der Waals surface area contributed by atoms with Gasteiger partial charge in [-0.3, -0.25) is 0 Å². The molecule has 0 radical (unpaired) electrons. The summed E-state index contributed by atoms with van der Waals surface area (Å²) in [7, 11) is 0. The van der Waals surface area contributed by atoms with E-state index >= 15 is 0 Å². The highest BCUT2D eigenvalue weighted by Gasteiger charge is 2.15. The van der Waals surface area contributed by atoms with Crippen LogP contribution in [0.4, 0.5) is 0 Å². The number of hydrogen-bond acceptors (Lipinski definition) is 4. The second-order valence-electron chi connectivity index (χ2n) is 3.20. The average molecular weight is 219 g/mol. The van der Waals surface area contributed by atoms with E-state index in [1.807, 2.05) is 0 Å². The van der Waals surface area contributed by atoms with Crippen LogP contribution in [0.15, 0.2) is 41.1 Å². The van der Waals surface area contributed by atoms with Crippen LogP contribution in [0.2, 0.25) is 0 Å². The first-order valence-electron chi connectivity index (χ1n) is 4.59. The topological polar surface area (TPSA) is 83.6 Å². The number of carboxylic acids is 1. The zero-order chi connectivity index (χ0) is 11.5. The minimum Gasteiger partial charge on any atom is -0.479 e. The first-order chi connectivity index (χ1) is 7.68. The van der Waals surface area contributed by atoms with Crippen LogP contribution in [0.3, 0.4) is 0 Å². The smallest absolute Gasteiger partial charge is 0.337 e. The highest BCUT2D eigenvalue weighted by Crippen LogP contribution is 2.20. The molecule has 0 aliphatic carbocycles. The molecule has 0 saturated carbocycles. The van der Waals surface area contributed by atoms with Crippen LogP contribution in [-0.4, -0.2) is 21.2 Å². The lowest BCUT2D eigenvalue weighted by molar-refractivity contribution is -0.146. The molecular weight excluding hydrogens is 210 g/mol. The van der Waals surface area contributed by atoms with Crippen molar-refractivity contribution in [3.63, 3.8) is 0 Å². The third-order valence-corrected chi connectivity index (χ3v) is 2.14. The summed E-state index contributed by atoms with van der Waals surface area (Å²) >= 11 is 0. The van der Waals surface area contributed by atoms with E-state index in [9.17, 15) is 9.90 Å². The predicted molar refractivity (Wildman–Crippen MR) is 54.5 cm³/mol. The van der Waals surface area contributed by atoms with Gasteiger partial charge in [0, 0.05) is 5.56 Å². The molecule has 0 bridgehead atoms. The van der Waals surface area contributed by atoms with Crippen molar-refractivity contribution in [1.29, 1.82) is 0 Å². The van der Waals surface area contributed by atoms with Crippen molar-refractivity contribution in [2.45, 2.75) is 6.10 Å². The molecule has 0 spiro atoms. The van der Waals surface area contributed by atoms with Gasteiger partial charge in [0.25, 0.3) is 0 Å². The Kier molecular flexibility index (Phi) is 2.70. The number of carboxylic acid groups (broad SMARTS) is 1. The summed E-state index contributed by atoms with van der Waals surface area (Å²) in [6, 6.07) is 6.34. The number of aromatic nitrogens is 1. The molecule has 1 aromatic heterocycles. The normalized spacial score (nSPS) is 12.3. The van der Waals surface area contributed by atoms with Gasteiger partial charge in [-0.25, -0.2) is 9.78 Å². The van der Waals surface area contributed by atoms with E-state index in [2.05, 4.69) is 4.98 Å². The summed E-state index contributed by atoms with van der Waals surface area (Å²) in [6.45, 7) is 0. The fourth-order valence-electron chi connectivity index (χ4n) is 1.32. The number of carbonyl (C=O) groups is 1. The van der Waals surface area contributed by atoms with Gasteiger partial charge < -0.3 is 14.6 Å². The second-order valence-corrected chi connectivity index (χ2v) is 3.20. The largest absolute Gasteiger partial charge is 0.479 e. The van der Waals surface area contributed by atoms with Crippen LogP contribution in [0, 0.1) is 0 Å².